The molecule has 4 nitrogen and oxygen atoms in total. The molecular weight excluding hydrogens is 635 g/mol. The normalized spacial score (nSPS) is 12.6. The zero-order valence-corrected chi connectivity index (χ0v) is 19.0. The number of benzene rings is 3. The van der Waals surface area contributed by atoms with Crippen LogP contribution in [0.5, 0.6) is 23.0 Å². The van der Waals surface area contributed by atoms with Gasteiger partial charge in [-0.05, 0) is 6.07 Å². The van der Waals surface area contributed by atoms with Crippen molar-refractivity contribution in [3.05, 3.63) is 69.3 Å². The third kappa shape index (κ3) is 5.33. The Morgan fingerprint density at radius 3 is 1.12 bits per heavy atom. The standard InChI is InChI=1S/C21H5F17N2O2/c22-3-1-2(19(30,31)32)15(41-17-4(20(33,34)35)6(23)8(25)13(39)10(17)27)12(29)16(3)42-18-5(21(36,37)38)7(24)9(26)14(40)11(18)28/h1H,39-40H2. The van der Waals surface area contributed by atoms with E-state index in [1.807, 2.05) is 0 Å². The highest BCUT2D eigenvalue weighted by Crippen LogP contribution is 2.51. The Kier molecular flexibility index (Phi) is 7.81. The lowest BCUT2D eigenvalue weighted by molar-refractivity contribution is -0.142. The van der Waals surface area contributed by atoms with E-state index in [0.717, 1.165) is 0 Å². The fourth-order valence-corrected chi connectivity index (χ4v) is 3.20. The van der Waals surface area contributed by atoms with Crippen molar-refractivity contribution in [2.24, 2.45) is 0 Å². The minimum atomic E-state index is -6.23. The Labute approximate surface area is 218 Å². The molecule has 0 aliphatic carbocycles. The summed E-state index contributed by atoms with van der Waals surface area (Å²) in [6.07, 6.45) is -18.5. The number of nitrogen functional groups attached to an aromatic ring is 2. The summed E-state index contributed by atoms with van der Waals surface area (Å²) in [5.41, 5.74) is -3.88. The average Bonchev–Trinajstić information content (AvgIpc) is 2.84. The molecule has 0 aliphatic heterocycles. The van der Waals surface area contributed by atoms with Crippen LogP contribution in [-0.4, -0.2) is 0 Å². The first-order valence-electron chi connectivity index (χ1n) is 9.93. The molecule has 230 valence electrons. The SMILES string of the molecule is Nc1c(F)c(F)c(C(F)(F)F)c(Oc2c(F)cc(C(F)(F)F)c(Oc3c(F)c(N)c(F)c(F)c3C(F)(F)F)c2F)c1F. The first-order valence-corrected chi connectivity index (χ1v) is 9.93. The van der Waals surface area contributed by atoms with Gasteiger partial charge in [-0.3, -0.25) is 0 Å². The fourth-order valence-electron chi connectivity index (χ4n) is 3.20. The second-order valence-electron chi connectivity index (χ2n) is 7.70. The van der Waals surface area contributed by atoms with Gasteiger partial charge in [-0.1, -0.05) is 0 Å². The molecule has 0 amide bonds. The topological polar surface area (TPSA) is 70.5 Å². The molecule has 0 spiro atoms. The van der Waals surface area contributed by atoms with Crippen LogP contribution in [0.3, 0.4) is 0 Å². The quantitative estimate of drug-likeness (QED) is 0.170. The summed E-state index contributed by atoms with van der Waals surface area (Å²) in [4.78, 5) is 0. The lowest BCUT2D eigenvalue weighted by atomic mass is 10.1. The number of ether oxygens (including phenoxy) is 2. The zero-order chi connectivity index (χ0) is 32.4. The van der Waals surface area contributed by atoms with Crippen LogP contribution >= 0.6 is 0 Å². The van der Waals surface area contributed by atoms with Crippen LogP contribution < -0.4 is 20.9 Å². The van der Waals surface area contributed by atoms with Gasteiger partial charge in [-0.15, -0.1) is 0 Å². The van der Waals surface area contributed by atoms with Crippen LogP contribution in [0.15, 0.2) is 6.07 Å². The highest BCUT2D eigenvalue weighted by molar-refractivity contribution is 5.58. The van der Waals surface area contributed by atoms with Gasteiger partial charge in [0.15, 0.2) is 58.0 Å². The molecular formula is C21H5F17N2O2. The molecule has 0 unspecified atom stereocenters. The molecule has 0 bridgehead atoms. The number of hydrogen-bond acceptors (Lipinski definition) is 4. The maximum atomic E-state index is 15.2. The number of halogens is 17. The molecule has 4 N–H and O–H groups in total. The van der Waals surface area contributed by atoms with E-state index >= 15 is 4.39 Å². The summed E-state index contributed by atoms with van der Waals surface area (Å²) >= 11 is 0. The van der Waals surface area contributed by atoms with E-state index in [9.17, 15) is 70.2 Å². The third-order valence-electron chi connectivity index (χ3n) is 5.03. The molecule has 42 heavy (non-hydrogen) atoms. The molecule has 0 heterocycles. The van der Waals surface area contributed by atoms with Crippen molar-refractivity contribution in [2.45, 2.75) is 18.5 Å². The van der Waals surface area contributed by atoms with Gasteiger partial charge in [0.1, 0.15) is 28.1 Å². The van der Waals surface area contributed by atoms with E-state index in [1.165, 1.54) is 0 Å². The number of nitrogens with two attached hydrogens (primary N) is 2. The predicted octanol–water partition coefficient (Wildman–Crippen LogP) is 8.60. The monoisotopic (exact) mass is 640 g/mol. The number of alkyl halides is 9. The summed E-state index contributed by atoms with van der Waals surface area (Å²) in [6, 6.07) is -0.948. The molecule has 0 aromatic heterocycles. The Balaban J connectivity index is 2.43. The molecule has 0 fully saturated rings. The summed E-state index contributed by atoms with van der Waals surface area (Å²) in [5.74, 6) is -33.8. The van der Waals surface area contributed by atoms with Gasteiger partial charge in [-0.2, -0.15) is 43.9 Å². The Morgan fingerprint density at radius 1 is 0.429 bits per heavy atom. The van der Waals surface area contributed by atoms with Crippen LogP contribution in [0, 0.1) is 46.5 Å². The van der Waals surface area contributed by atoms with Crippen LogP contribution in [-0.2, 0) is 18.5 Å². The predicted molar refractivity (Wildman–Crippen MR) is 103 cm³/mol. The second-order valence-corrected chi connectivity index (χ2v) is 7.70. The van der Waals surface area contributed by atoms with Crippen molar-refractivity contribution < 1.29 is 84.1 Å². The van der Waals surface area contributed by atoms with E-state index in [1.54, 1.807) is 0 Å². The second kappa shape index (κ2) is 10.2. The minimum Gasteiger partial charge on any atom is -0.450 e. The number of rotatable bonds is 4. The van der Waals surface area contributed by atoms with Crippen molar-refractivity contribution in [2.75, 3.05) is 11.5 Å². The van der Waals surface area contributed by atoms with Crippen molar-refractivity contribution in [1.29, 1.82) is 0 Å². The van der Waals surface area contributed by atoms with Crippen LogP contribution in [0.1, 0.15) is 16.7 Å². The average molecular weight is 640 g/mol. The van der Waals surface area contributed by atoms with E-state index < -0.39 is 122 Å². The number of anilines is 2. The van der Waals surface area contributed by atoms with Crippen molar-refractivity contribution in [3.8, 4) is 23.0 Å². The molecule has 3 rings (SSSR count). The lowest BCUT2D eigenvalue weighted by Crippen LogP contribution is -2.18. The van der Waals surface area contributed by atoms with Gasteiger partial charge in [0.05, 0.1) is 0 Å². The molecule has 0 saturated heterocycles. The van der Waals surface area contributed by atoms with Crippen LogP contribution in [0.25, 0.3) is 0 Å². The van der Waals surface area contributed by atoms with Crippen molar-refractivity contribution in [3.63, 3.8) is 0 Å². The van der Waals surface area contributed by atoms with Crippen molar-refractivity contribution in [1.82, 2.24) is 0 Å². The minimum absolute atomic E-state index is 0.948. The van der Waals surface area contributed by atoms with E-state index in [4.69, 9.17) is 11.5 Å². The van der Waals surface area contributed by atoms with E-state index in [0.29, 0.717) is 0 Å². The summed E-state index contributed by atoms with van der Waals surface area (Å²) in [5, 5.41) is 0. The Morgan fingerprint density at radius 2 is 0.786 bits per heavy atom. The van der Waals surface area contributed by atoms with E-state index in [2.05, 4.69) is 9.47 Å². The van der Waals surface area contributed by atoms with Gasteiger partial charge < -0.3 is 20.9 Å². The highest BCUT2D eigenvalue weighted by Gasteiger charge is 2.47. The summed E-state index contributed by atoms with van der Waals surface area (Å²) in [6.45, 7) is 0. The third-order valence-corrected chi connectivity index (χ3v) is 5.03. The van der Waals surface area contributed by atoms with Gasteiger partial charge in [0, 0.05) is 0 Å². The number of hydrogen-bond donors (Lipinski definition) is 2. The van der Waals surface area contributed by atoms with Gasteiger partial charge in [0.2, 0.25) is 11.6 Å². The van der Waals surface area contributed by atoms with Crippen molar-refractivity contribution >= 4 is 11.4 Å². The molecule has 0 saturated carbocycles. The molecule has 0 aliphatic rings. The smallest absolute Gasteiger partial charge is 0.423 e. The Bertz CT molecular complexity index is 1590. The molecule has 3 aromatic rings. The van der Waals surface area contributed by atoms with Crippen LogP contribution in [0.2, 0.25) is 0 Å². The summed E-state index contributed by atoms with van der Waals surface area (Å²) in [7, 11) is 0. The molecule has 21 heteroatoms. The van der Waals surface area contributed by atoms with Gasteiger partial charge >= 0.3 is 18.5 Å². The van der Waals surface area contributed by atoms with Crippen LogP contribution in [0.4, 0.5) is 86.0 Å². The first kappa shape index (κ1) is 32.2. The molecule has 0 radical (unpaired) electrons. The maximum Gasteiger partial charge on any atom is 0.423 e. The summed E-state index contributed by atoms with van der Waals surface area (Å²) < 4.78 is 242. The zero-order valence-electron chi connectivity index (χ0n) is 19.0. The molecule has 0 atom stereocenters. The van der Waals surface area contributed by atoms with E-state index in [-0.39, 0.29) is 0 Å². The molecule has 3 aromatic carbocycles. The fraction of sp³-hybridized carbons (Fsp3) is 0.143. The van der Waals surface area contributed by atoms with Gasteiger partial charge in [-0.25, -0.2) is 30.7 Å². The highest BCUT2D eigenvalue weighted by atomic mass is 19.4. The lowest BCUT2D eigenvalue weighted by Gasteiger charge is -2.22. The maximum absolute atomic E-state index is 15.2. The Hall–Kier alpha value is -4.33. The largest absolute Gasteiger partial charge is 0.450 e. The van der Waals surface area contributed by atoms with Gasteiger partial charge in [0.25, 0.3) is 0 Å². The first-order chi connectivity index (χ1) is 18.9.